The average Bonchev–Trinajstić information content (AvgIpc) is 3.44. The Morgan fingerprint density at radius 1 is 1.00 bits per heavy atom. The average molecular weight is 404 g/mol. The van der Waals surface area contributed by atoms with Crippen LogP contribution in [0.15, 0.2) is 42.2 Å². The number of H-pyrrole nitrogens is 1. The van der Waals surface area contributed by atoms with E-state index in [-0.39, 0.29) is 0 Å². The highest BCUT2D eigenvalue weighted by Crippen LogP contribution is 2.41. The Morgan fingerprint density at radius 2 is 1.86 bits per heavy atom. The van der Waals surface area contributed by atoms with Crippen molar-refractivity contribution >= 4 is 27.4 Å². The van der Waals surface area contributed by atoms with Gasteiger partial charge in [-0.25, -0.2) is 4.98 Å². The van der Waals surface area contributed by atoms with Gasteiger partial charge >= 0.3 is 0 Å². The number of hydrogen-bond donors (Lipinski definition) is 2. The van der Waals surface area contributed by atoms with Crippen molar-refractivity contribution in [2.24, 2.45) is 5.41 Å². The van der Waals surface area contributed by atoms with Gasteiger partial charge in [0.25, 0.3) is 0 Å². The van der Waals surface area contributed by atoms with Gasteiger partial charge in [-0.3, -0.25) is 5.10 Å². The molecule has 0 radical (unpaired) electrons. The topological polar surface area (TPSA) is 82.6 Å². The summed E-state index contributed by atoms with van der Waals surface area (Å²) in [6.45, 7) is 4.47. The van der Waals surface area contributed by atoms with Crippen LogP contribution in [0, 0.1) is 5.41 Å². The molecule has 7 nitrogen and oxygen atoms in total. The van der Waals surface area contributed by atoms with Gasteiger partial charge in [0, 0.05) is 41.4 Å². The quantitative estimate of drug-likeness (QED) is 0.546. The third-order valence-corrected chi connectivity index (χ3v) is 7.12. The molecule has 1 spiro atoms. The van der Waals surface area contributed by atoms with Gasteiger partial charge in [-0.2, -0.15) is 5.10 Å². The van der Waals surface area contributed by atoms with Crippen LogP contribution >= 0.6 is 11.3 Å². The van der Waals surface area contributed by atoms with E-state index in [2.05, 4.69) is 59.9 Å². The number of aromatic amines is 1. The molecule has 6 rings (SSSR count). The summed E-state index contributed by atoms with van der Waals surface area (Å²) < 4.78 is 1.13. The van der Waals surface area contributed by atoms with Gasteiger partial charge in [0.2, 0.25) is 0 Å². The number of rotatable bonds is 3. The number of thiazole rings is 1. The maximum Gasteiger partial charge on any atom is 0.151 e. The van der Waals surface area contributed by atoms with Crippen molar-refractivity contribution < 1.29 is 0 Å². The summed E-state index contributed by atoms with van der Waals surface area (Å²) in [5.41, 5.74) is 7.44. The monoisotopic (exact) mass is 403 g/mol. The van der Waals surface area contributed by atoms with E-state index in [1.54, 1.807) is 11.3 Å². The van der Waals surface area contributed by atoms with Gasteiger partial charge in [-0.1, -0.05) is 12.1 Å². The molecule has 0 saturated carbocycles. The molecule has 0 bridgehead atoms. The van der Waals surface area contributed by atoms with Crippen LogP contribution < -0.4 is 10.2 Å². The molecule has 1 aromatic carbocycles. The van der Waals surface area contributed by atoms with Crippen LogP contribution in [0.3, 0.4) is 0 Å². The molecule has 5 heterocycles. The van der Waals surface area contributed by atoms with Crippen LogP contribution in [0.4, 0.5) is 5.82 Å². The number of fused-ring (bicyclic) bond motifs is 1. The predicted octanol–water partition coefficient (Wildman–Crippen LogP) is 3.33. The third-order valence-electron chi connectivity index (χ3n) is 6.26. The first-order valence-corrected chi connectivity index (χ1v) is 10.8. The Kier molecular flexibility index (Phi) is 3.88. The molecule has 2 aliphatic heterocycles. The van der Waals surface area contributed by atoms with E-state index in [0.717, 1.165) is 64.6 Å². The molecule has 3 aromatic heterocycles. The zero-order valence-electron chi connectivity index (χ0n) is 15.9. The molecule has 8 heteroatoms. The summed E-state index contributed by atoms with van der Waals surface area (Å²) in [5.74, 6) is 0.980. The molecule has 2 fully saturated rings. The van der Waals surface area contributed by atoms with E-state index >= 15 is 0 Å². The van der Waals surface area contributed by atoms with Crippen molar-refractivity contribution in [1.82, 2.24) is 30.7 Å². The molecule has 2 saturated heterocycles. The summed E-state index contributed by atoms with van der Waals surface area (Å²) in [6.07, 6.45) is 6.25. The summed E-state index contributed by atoms with van der Waals surface area (Å²) in [5, 5.41) is 19.5. The van der Waals surface area contributed by atoms with Gasteiger partial charge in [0.05, 0.1) is 27.6 Å². The highest BCUT2D eigenvalue weighted by molar-refractivity contribution is 7.17. The second-order valence-electron chi connectivity index (χ2n) is 8.06. The van der Waals surface area contributed by atoms with E-state index in [4.69, 9.17) is 0 Å². The Morgan fingerprint density at radius 3 is 2.62 bits per heavy atom. The molecule has 146 valence electrons. The highest BCUT2D eigenvalue weighted by atomic mass is 32.1. The lowest BCUT2D eigenvalue weighted by Crippen LogP contribution is -2.60. The van der Waals surface area contributed by atoms with Gasteiger partial charge < -0.3 is 10.2 Å². The van der Waals surface area contributed by atoms with Crippen LogP contribution in [-0.2, 0) is 0 Å². The fraction of sp³-hybridized carbons (Fsp3) is 0.333. The Labute approximate surface area is 172 Å². The molecular weight excluding hydrogens is 382 g/mol. The van der Waals surface area contributed by atoms with Crippen molar-refractivity contribution in [3.8, 4) is 22.4 Å². The SMILES string of the molecule is c1nc2c(-c3cn[nH]c3)ccc(-c3ccc(N4CC5(CCNCC5)C4)nn3)c2s1. The van der Waals surface area contributed by atoms with Crippen molar-refractivity contribution in [2.45, 2.75) is 12.8 Å². The van der Waals surface area contributed by atoms with Crippen molar-refractivity contribution in [3.05, 3.63) is 42.2 Å². The van der Waals surface area contributed by atoms with Gasteiger partial charge in [-0.15, -0.1) is 21.5 Å². The maximum atomic E-state index is 4.59. The lowest BCUT2D eigenvalue weighted by Gasteiger charge is -2.52. The number of piperidine rings is 1. The van der Waals surface area contributed by atoms with Crippen LogP contribution in [0.1, 0.15) is 12.8 Å². The fourth-order valence-corrected chi connectivity index (χ4v) is 5.46. The smallest absolute Gasteiger partial charge is 0.151 e. The number of aromatic nitrogens is 5. The van der Waals surface area contributed by atoms with Crippen LogP contribution in [0.25, 0.3) is 32.6 Å². The van der Waals surface area contributed by atoms with Crippen LogP contribution in [0.5, 0.6) is 0 Å². The molecule has 0 unspecified atom stereocenters. The molecule has 0 amide bonds. The second-order valence-corrected chi connectivity index (χ2v) is 8.92. The second kappa shape index (κ2) is 6.60. The van der Waals surface area contributed by atoms with E-state index in [1.165, 1.54) is 12.8 Å². The maximum absolute atomic E-state index is 4.59. The first-order valence-electron chi connectivity index (χ1n) is 9.97. The predicted molar refractivity (Wildman–Crippen MR) is 115 cm³/mol. The molecule has 0 atom stereocenters. The van der Waals surface area contributed by atoms with Crippen LogP contribution in [0.2, 0.25) is 0 Å². The first kappa shape index (κ1) is 17.1. The largest absolute Gasteiger partial charge is 0.354 e. The number of nitrogens with zero attached hydrogens (tertiary/aromatic N) is 5. The number of benzene rings is 1. The van der Waals surface area contributed by atoms with Gasteiger partial charge in [-0.05, 0) is 38.1 Å². The van der Waals surface area contributed by atoms with Gasteiger partial charge in [0.15, 0.2) is 5.82 Å². The first-order chi connectivity index (χ1) is 14.3. The van der Waals surface area contributed by atoms with Crippen molar-refractivity contribution in [3.63, 3.8) is 0 Å². The molecule has 4 aromatic rings. The Hall–Kier alpha value is -2.84. The van der Waals surface area contributed by atoms with E-state index in [9.17, 15) is 0 Å². The lowest BCUT2D eigenvalue weighted by atomic mass is 9.72. The minimum Gasteiger partial charge on any atom is -0.354 e. The standard InChI is InChI=1S/C21H21N7S/c1-2-16(20-19(23-13-29-20)15(1)14-9-24-25-10-14)17-3-4-18(27-26-17)28-11-21(12-28)5-7-22-8-6-21/h1-4,9-10,13,22H,5-8,11-12H2,(H,24,25). The number of anilines is 1. The van der Waals surface area contributed by atoms with E-state index in [0.29, 0.717) is 5.41 Å². The lowest BCUT2D eigenvalue weighted by molar-refractivity contribution is 0.149. The fourth-order valence-electron chi connectivity index (χ4n) is 4.62. The third kappa shape index (κ3) is 2.82. The molecule has 2 N–H and O–H groups in total. The number of hydrogen-bond acceptors (Lipinski definition) is 7. The molecular formula is C21H21N7S. The zero-order valence-corrected chi connectivity index (χ0v) is 16.7. The van der Waals surface area contributed by atoms with E-state index in [1.807, 2.05) is 17.9 Å². The van der Waals surface area contributed by atoms with Crippen molar-refractivity contribution in [2.75, 3.05) is 31.1 Å². The normalized spacial score (nSPS) is 18.3. The van der Waals surface area contributed by atoms with E-state index < -0.39 is 0 Å². The molecule has 29 heavy (non-hydrogen) atoms. The van der Waals surface area contributed by atoms with Crippen LogP contribution in [-0.4, -0.2) is 51.6 Å². The minimum atomic E-state index is 0.489. The summed E-state index contributed by atoms with van der Waals surface area (Å²) in [4.78, 5) is 6.95. The van der Waals surface area contributed by atoms with Crippen molar-refractivity contribution in [1.29, 1.82) is 0 Å². The Balaban J connectivity index is 1.28. The molecule has 2 aliphatic rings. The number of nitrogens with one attached hydrogen (secondary N) is 2. The summed E-state index contributed by atoms with van der Waals surface area (Å²) in [7, 11) is 0. The zero-order chi connectivity index (χ0) is 19.3. The minimum absolute atomic E-state index is 0.489. The molecule has 0 aliphatic carbocycles. The Bertz CT molecular complexity index is 1140. The highest BCUT2D eigenvalue weighted by Gasteiger charge is 2.43. The summed E-state index contributed by atoms with van der Waals surface area (Å²) >= 11 is 1.64. The van der Waals surface area contributed by atoms with Gasteiger partial charge in [0.1, 0.15) is 0 Å². The summed E-state index contributed by atoms with van der Waals surface area (Å²) in [6, 6.07) is 8.39.